The number of hydrogen-bond donors (Lipinski definition) is 1. The van der Waals surface area contributed by atoms with E-state index < -0.39 is 0 Å². The number of rotatable bonds is 3. The van der Waals surface area contributed by atoms with E-state index in [0.29, 0.717) is 12.2 Å². The van der Waals surface area contributed by atoms with Crippen molar-refractivity contribution in [1.82, 2.24) is 5.32 Å². The van der Waals surface area contributed by atoms with Crippen LogP contribution in [0.5, 0.6) is 0 Å². The lowest BCUT2D eigenvalue weighted by Gasteiger charge is -2.34. The summed E-state index contributed by atoms with van der Waals surface area (Å²) in [4.78, 5) is 0. The van der Waals surface area contributed by atoms with Gasteiger partial charge in [-0.25, -0.2) is 0 Å². The van der Waals surface area contributed by atoms with Gasteiger partial charge in [0, 0.05) is 13.1 Å². The van der Waals surface area contributed by atoms with Gasteiger partial charge in [0.2, 0.25) is 0 Å². The molecular formula is C13H23NO2. The molecule has 3 aliphatic rings. The van der Waals surface area contributed by atoms with Gasteiger partial charge < -0.3 is 14.8 Å². The van der Waals surface area contributed by atoms with Gasteiger partial charge in [-0.15, -0.1) is 0 Å². The second kappa shape index (κ2) is 4.63. The maximum Gasteiger partial charge on any atom is 0.0824 e. The van der Waals surface area contributed by atoms with Gasteiger partial charge in [-0.3, -0.25) is 0 Å². The summed E-state index contributed by atoms with van der Waals surface area (Å²) in [5, 5.41) is 3.23. The maximum absolute atomic E-state index is 6.26. The number of nitrogens with one attached hydrogen (secondary N) is 1. The molecule has 0 radical (unpaired) electrons. The third kappa shape index (κ3) is 2.27. The topological polar surface area (TPSA) is 30.5 Å². The third-order valence-corrected chi connectivity index (χ3v) is 4.37. The summed E-state index contributed by atoms with van der Waals surface area (Å²) in [5.74, 6) is 0. The molecule has 16 heavy (non-hydrogen) atoms. The van der Waals surface area contributed by atoms with Gasteiger partial charge in [-0.2, -0.15) is 0 Å². The van der Waals surface area contributed by atoms with Crippen molar-refractivity contribution in [3.63, 3.8) is 0 Å². The average Bonchev–Trinajstić information content (AvgIpc) is 2.61. The first-order chi connectivity index (χ1) is 7.86. The predicted octanol–water partition coefficient (Wildman–Crippen LogP) is 1.86. The molecule has 0 bridgehead atoms. The van der Waals surface area contributed by atoms with Gasteiger partial charge in [-0.05, 0) is 25.7 Å². The van der Waals surface area contributed by atoms with Crippen LogP contribution in [0.1, 0.15) is 44.9 Å². The summed E-state index contributed by atoms with van der Waals surface area (Å²) in [6.07, 6.45) is 10.00. The summed E-state index contributed by atoms with van der Waals surface area (Å²) >= 11 is 0. The molecule has 1 atom stereocenters. The van der Waals surface area contributed by atoms with E-state index in [4.69, 9.17) is 9.47 Å². The van der Waals surface area contributed by atoms with Crippen LogP contribution in [0.4, 0.5) is 0 Å². The highest BCUT2D eigenvalue weighted by molar-refractivity contribution is 4.91. The van der Waals surface area contributed by atoms with E-state index in [1.54, 1.807) is 0 Å². The Morgan fingerprint density at radius 3 is 2.62 bits per heavy atom. The first-order valence-electron chi connectivity index (χ1n) is 6.86. The first kappa shape index (κ1) is 11.0. The molecule has 1 spiro atoms. The highest BCUT2D eigenvalue weighted by Gasteiger charge is 2.41. The van der Waals surface area contributed by atoms with Crippen molar-refractivity contribution in [2.24, 2.45) is 0 Å². The Labute approximate surface area is 97.9 Å². The van der Waals surface area contributed by atoms with Gasteiger partial charge >= 0.3 is 0 Å². The van der Waals surface area contributed by atoms with Crippen LogP contribution in [0.3, 0.4) is 0 Å². The molecule has 1 saturated carbocycles. The molecule has 3 heteroatoms. The number of ether oxygens (including phenoxy) is 2. The summed E-state index contributed by atoms with van der Waals surface area (Å²) < 4.78 is 12.1. The highest BCUT2D eigenvalue weighted by atomic mass is 16.6. The van der Waals surface area contributed by atoms with Crippen molar-refractivity contribution >= 4 is 0 Å². The normalized spacial score (nSPS) is 34.1. The van der Waals surface area contributed by atoms with Crippen LogP contribution in [0.15, 0.2) is 0 Å². The lowest BCUT2D eigenvalue weighted by Crippen LogP contribution is -2.49. The van der Waals surface area contributed by atoms with Gasteiger partial charge in [-0.1, -0.05) is 19.3 Å². The van der Waals surface area contributed by atoms with Gasteiger partial charge in [0.1, 0.15) is 0 Å². The molecular weight excluding hydrogens is 202 g/mol. The van der Waals surface area contributed by atoms with Crippen molar-refractivity contribution in [2.45, 2.75) is 62.8 Å². The molecule has 0 aromatic heterocycles. The van der Waals surface area contributed by atoms with Crippen molar-refractivity contribution in [3.8, 4) is 0 Å². The highest BCUT2D eigenvalue weighted by Crippen LogP contribution is 2.41. The molecule has 2 saturated heterocycles. The molecule has 2 aliphatic heterocycles. The van der Waals surface area contributed by atoms with Gasteiger partial charge in [0.25, 0.3) is 0 Å². The zero-order valence-corrected chi connectivity index (χ0v) is 10.0. The van der Waals surface area contributed by atoms with Gasteiger partial charge in [0.15, 0.2) is 0 Å². The smallest absolute Gasteiger partial charge is 0.0824 e. The summed E-state index contributed by atoms with van der Waals surface area (Å²) in [5.41, 5.74) is 0.254. The lowest BCUT2D eigenvalue weighted by molar-refractivity contribution is -0.103. The minimum Gasteiger partial charge on any atom is -0.373 e. The van der Waals surface area contributed by atoms with Crippen molar-refractivity contribution < 1.29 is 9.47 Å². The van der Waals surface area contributed by atoms with Crippen LogP contribution >= 0.6 is 0 Å². The Hall–Kier alpha value is -0.120. The fourth-order valence-corrected chi connectivity index (χ4v) is 3.20. The van der Waals surface area contributed by atoms with Crippen LogP contribution in [-0.2, 0) is 9.47 Å². The zero-order chi connectivity index (χ0) is 10.8. The largest absolute Gasteiger partial charge is 0.373 e. The molecule has 2 heterocycles. The van der Waals surface area contributed by atoms with Crippen molar-refractivity contribution in [2.75, 3.05) is 19.7 Å². The minimum atomic E-state index is 0.254. The molecule has 1 aliphatic carbocycles. The second-order valence-corrected chi connectivity index (χ2v) is 5.64. The van der Waals surface area contributed by atoms with E-state index in [1.807, 2.05) is 0 Å². The third-order valence-electron chi connectivity index (χ3n) is 4.37. The fourth-order valence-electron chi connectivity index (χ4n) is 3.20. The quantitative estimate of drug-likeness (QED) is 0.795. The van der Waals surface area contributed by atoms with Crippen LogP contribution in [0, 0.1) is 0 Å². The van der Waals surface area contributed by atoms with Crippen LogP contribution in [0.2, 0.25) is 0 Å². The summed E-state index contributed by atoms with van der Waals surface area (Å²) in [6.45, 7) is 2.86. The molecule has 1 unspecified atom stereocenters. The van der Waals surface area contributed by atoms with Gasteiger partial charge in [0.05, 0.1) is 24.4 Å². The molecule has 0 aromatic rings. The second-order valence-electron chi connectivity index (χ2n) is 5.64. The van der Waals surface area contributed by atoms with Crippen LogP contribution < -0.4 is 5.32 Å². The lowest BCUT2D eigenvalue weighted by atomic mass is 9.83. The Morgan fingerprint density at radius 2 is 1.94 bits per heavy atom. The molecule has 1 N–H and O–H groups in total. The van der Waals surface area contributed by atoms with Crippen LogP contribution in [0.25, 0.3) is 0 Å². The Balaban J connectivity index is 1.44. The first-order valence-corrected chi connectivity index (χ1v) is 6.86. The SMILES string of the molecule is C1CCC2(CC1)CCC(COC1CNC1)O2. The minimum absolute atomic E-state index is 0.254. The standard InChI is InChI=1S/C13H23NO2/c1-2-5-13(6-3-1)7-4-11(16-13)10-15-12-8-14-9-12/h11-12,14H,1-10H2. The van der Waals surface area contributed by atoms with Crippen molar-refractivity contribution in [3.05, 3.63) is 0 Å². The van der Waals surface area contributed by atoms with E-state index in [9.17, 15) is 0 Å². The molecule has 0 aromatic carbocycles. The Bertz CT molecular complexity index is 234. The van der Waals surface area contributed by atoms with Crippen LogP contribution in [-0.4, -0.2) is 37.5 Å². The predicted molar refractivity (Wildman–Crippen MR) is 62.5 cm³/mol. The average molecular weight is 225 g/mol. The van der Waals surface area contributed by atoms with E-state index in [2.05, 4.69) is 5.32 Å². The van der Waals surface area contributed by atoms with E-state index in [-0.39, 0.29) is 5.60 Å². The number of hydrogen-bond acceptors (Lipinski definition) is 3. The molecule has 92 valence electrons. The Morgan fingerprint density at radius 1 is 1.12 bits per heavy atom. The molecule has 3 rings (SSSR count). The summed E-state index contributed by atoms with van der Waals surface area (Å²) in [6, 6.07) is 0. The van der Waals surface area contributed by atoms with Crippen molar-refractivity contribution in [1.29, 1.82) is 0 Å². The Kier molecular flexibility index (Phi) is 3.18. The van der Waals surface area contributed by atoms with E-state index in [0.717, 1.165) is 19.7 Å². The van der Waals surface area contributed by atoms with E-state index >= 15 is 0 Å². The zero-order valence-electron chi connectivity index (χ0n) is 10.0. The molecule has 3 fully saturated rings. The maximum atomic E-state index is 6.26. The fraction of sp³-hybridized carbons (Fsp3) is 1.00. The summed E-state index contributed by atoms with van der Waals surface area (Å²) in [7, 11) is 0. The molecule has 0 amide bonds. The molecule has 3 nitrogen and oxygen atoms in total. The van der Waals surface area contributed by atoms with E-state index in [1.165, 1.54) is 44.9 Å². The monoisotopic (exact) mass is 225 g/mol.